The number of rotatable bonds is 8. The Morgan fingerprint density at radius 1 is 1.27 bits per heavy atom. The van der Waals surface area contributed by atoms with Gasteiger partial charge in [-0.2, -0.15) is 0 Å². The number of carbonyl (C=O) groups is 2. The molecule has 0 bridgehead atoms. The molecule has 0 radical (unpaired) electrons. The zero-order valence-corrected chi connectivity index (χ0v) is 19.9. The number of aryl methyl sites for hydroxylation is 1. The van der Waals surface area contributed by atoms with Crippen LogP contribution in [0.15, 0.2) is 38.5 Å². The van der Waals surface area contributed by atoms with E-state index >= 15 is 0 Å². The number of aliphatic imine (C=N–C) groups is 1. The van der Waals surface area contributed by atoms with Gasteiger partial charge in [0, 0.05) is 29.8 Å². The number of guanidine groups is 1. The molecular weight excluding hydrogens is 471 g/mol. The van der Waals surface area contributed by atoms with Gasteiger partial charge in [0.25, 0.3) is 0 Å². The molecular formula is C21H30Cl2N6O4. The van der Waals surface area contributed by atoms with E-state index in [-0.39, 0.29) is 48.6 Å². The van der Waals surface area contributed by atoms with Crippen molar-refractivity contribution in [2.24, 2.45) is 16.5 Å². The third-order valence-electron chi connectivity index (χ3n) is 5.17. The average Bonchev–Trinajstić information content (AvgIpc) is 3.24. The first-order chi connectivity index (χ1) is 14.8. The van der Waals surface area contributed by atoms with Crippen molar-refractivity contribution in [3.05, 3.63) is 40.2 Å². The van der Waals surface area contributed by atoms with Crippen LogP contribution in [0.4, 0.5) is 5.69 Å². The predicted molar refractivity (Wildman–Crippen MR) is 133 cm³/mol. The van der Waals surface area contributed by atoms with Crippen LogP contribution in [0, 0.1) is 6.92 Å². The molecule has 2 aromatic rings. The molecule has 0 saturated carbocycles. The average molecular weight is 501 g/mol. The number of nitrogens with zero attached hydrogens (tertiary/aromatic N) is 1. The summed E-state index contributed by atoms with van der Waals surface area (Å²) >= 11 is 0. The highest BCUT2D eigenvalue weighted by molar-refractivity contribution is 5.99. The largest absolute Gasteiger partial charge is 0.423 e. The molecule has 2 unspecified atom stereocenters. The third kappa shape index (κ3) is 7.92. The summed E-state index contributed by atoms with van der Waals surface area (Å²) in [5.41, 5.74) is 11.9. The number of amides is 2. The molecule has 2 heterocycles. The fourth-order valence-electron chi connectivity index (χ4n) is 3.59. The zero-order valence-electron chi connectivity index (χ0n) is 18.3. The summed E-state index contributed by atoms with van der Waals surface area (Å²) in [7, 11) is 0. The Kier molecular flexibility index (Phi) is 11.1. The minimum atomic E-state index is -0.760. The predicted octanol–water partition coefficient (Wildman–Crippen LogP) is 1.17. The molecule has 1 aliphatic heterocycles. The molecule has 12 heteroatoms. The maximum atomic E-state index is 12.9. The third-order valence-corrected chi connectivity index (χ3v) is 5.17. The van der Waals surface area contributed by atoms with Crippen molar-refractivity contribution in [3.63, 3.8) is 0 Å². The number of benzene rings is 1. The molecule has 7 N–H and O–H groups in total. The van der Waals surface area contributed by atoms with E-state index in [0.29, 0.717) is 30.7 Å². The Balaban J connectivity index is 0.00000272. The molecule has 2 atom stereocenters. The van der Waals surface area contributed by atoms with Crippen molar-refractivity contribution in [2.45, 2.75) is 44.7 Å². The fourth-order valence-corrected chi connectivity index (χ4v) is 3.59. The first kappa shape index (κ1) is 28.2. The quantitative estimate of drug-likeness (QED) is 0.157. The summed E-state index contributed by atoms with van der Waals surface area (Å²) in [6.07, 6.45) is 2.53. The number of halogens is 2. The normalized spacial score (nSPS) is 15.6. The summed E-state index contributed by atoms with van der Waals surface area (Å²) in [4.78, 5) is 41.0. The molecule has 1 fully saturated rings. The van der Waals surface area contributed by atoms with Gasteiger partial charge in [0.05, 0.1) is 6.04 Å². The maximum Gasteiger partial charge on any atom is 0.336 e. The monoisotopic (exact) mass is 500 g/mol. The van der Waals surface area contributed by atoms with Gasteiger partial charge in [-0.25, -0.2) is 4.79 Å². The molecule has 10 nitrogen and oxygen atoms in total. The van der Waals surface area contributed by atoms with Crippen LogP contribution in [-0.4, -0.2) is 42.9 Å². The maximum absolute atomic E-state index is 12.9. The number of nitrogens with two attached hydrogens (primary N) is 2. The summed E-state index contributed by atoms with van der Waals surface area (Å²) in [5, 5.41) is 9.53. The van der Waals surface area contributed by atoms with Crippen molar-refractivity contribution in [3.8, 4) is 0 Å². The lowest BCUT2D eigenvalue weighted by atomic mass is 10.1. The van der Waals surface area contributed by atoms with Gasteiger partial charge in [-0.1, -0.05) is 0 Å². The van der Waals surface area contributed by atoms with Gasteiger partial charge in [0.1, 0.15) is 11.6 Å². The van der Waals surface area contributed by atoms with Gasteiger partial charge in [-0.3, -0.25) is 14.6 Å². The van der Waals surface area contributed by atoms with E-state index in [9.17, 15) is 14.4 Å². The highest BCUT2D eigenvalue weighted by Gasteiger charge is 2.27. The number of hydrogen-bond acceptors (Lipinski definition) is 6. The summed E-state index contributed by atoms with van der Waals surface area (Å²) in [5.74, 6) is -0.599. The summed E-state index contributed by atoms with van der Waals surface area (Å²) < 4.78 is 5.24. The van der Waals surface area contributed by atoms with Crippen LogP contribution in [0.2, 0.25) is 0 Å². The lowest BCUT2D eigenvalue weighted by Gasteiger charge is -2.20. The molecule has 33 heavy (non-hydrogen) atoms. The van der Waals surface area contributed by atoms with Crippen LogP contribution in [-0.2, 0) is 9.59 Å². The smallest absolute Gasteiger partial charge is 0.336 e. The Morgan fingerprint density at radius 2 is 2.03 bits per heavy atom. The van der Waals surface area contributed by atoms with E-state index in [1.165, 1.54) is 6.07 Å². The van der Waals surface area contributed by atoms with Crippen molar-refractivity contribution in [1.82, 2.24) is 10.6 Å². The second kappa shape index (κ2) is 13.0. The van der Waals surface area contributed by atoms with Crippen LogP contribution in [0.5, 0.6) is 0 Å². The lowest BCUT2D eigenvalue weighted by Crippen LogP contribution is -2.49. The Bertz CT molecular complexity index is 1050. The Hall–Kier alpha value is -2.82. The molecule has 1 aromatic heterocycles. The van der Waals surface area contributed by atoms with Gasteiger partial charge in [0.15, 0.2) is 5.96 Å². The van der Waals surface area contributed by atoms with Crippen LogP contribution < -0.4 is 33.0 Å². The molecule has 1 saturated heterocycles. The number of hydrogen-bond donors (Lipinski definition) is 5. The molecule has 1 aromatic carbocycles. The van der Waals surface area contributed by atoms with Crippen LogP contribution in [0.3, 0.4) is 0 Å². The second-order valence-corrected chi connectivity index (χ2v) is 7.61. The van der Waals surface area contributed by atoms with E-state index in [1.54, 1.807) is 18.2 Å². The van der Waals surface area contributed by atoms with Gasteiger partial charge < -0.3 is 31.8 Å². The minimum absolute atomic E-state index is 0. The fraction of sp³-hybridized carbons (Fsp3) is 0.429. The van der Waals surface area contributed by atoms with Crippen molar-refractivity contribution < 1.29 is 14.0 Å². The van der Waals surface area contributed by atoms with Crippen molar-refractivity contribution >= 4 is 59.2 Å². The van der Waals surface area contributed by atoms with E-state index in [0.717, 1.165) is 30.3 Å². The first-order valence-electron chi connectivity index (χ1n) is 10.3. The first-order valence-corrected chi connectivity index (χ1v) is 10.3. The summed E-state index contributed by atoms with van der Waals surface area (Å²) in [6, 6.07) is 5.45. The Labute approximate surface area is 203 Å². The van der Waals surface area contributed by atoms with Gasteiger partial charge in [-0.15, -0.1) is 24.8 Å². The number of fused-ring (bicyclic) bond motifs is 1. The number of nitrogens with one attached hydrogen (secondary N) is 3. The second-order valence-electron chi connectivity index (χ2n) is 7.61. The minimum Gasteiger partial charge on any atom is -0.423 e. The molecule has 2 amide bonds. The van der Waals surface area contributed by atoms with E-state index in [1.807, 2.05) is 6.92 Å². The van der Waals surface area contributed by atoms with Crippen molar-refractivity contribution in [1.29, 1.82) is 0 Å². The molecule has 3 rings (SSSR count). The highest BCUT2D eigenvalue weighted by atomic mass is 35.5. The molecule has 0 aliphatic carbocycles. The SMILES string of the molecule is Cc1cc(=O)oc2cc(NC(=O)C(CCCN=C(N)N)NC(=O)C3CCCN3)ccc12.Cl.Cl. The van der Waals surface area contributed by atoms with Gasteiger partial charge in [0.2, 0.25) is 11.8 Å². The van der Waals surface area contributed by atoms with Crippen LogP contribution >= 0.6 is 24.8 Å². The highest BCUT2D eigenvalue weighted by Crippen LogP contribution is 2.21. The van der Waals surface area contributed by atoms with E-state index in [4.69, 9.17) is 15.9 Å². The Morgan fingerprint density at radius 3 is 2.70 bits per heavy atom. The van der Waals surface area contributed by atoms with Gasteiger partial charge >= 0.3 is 5.63 Å². The van der Waals surface area contributed by atoms with Crippen LogP contribution in [0.25, 0.3) is 11.0 Å². The van der Waals surface area contributed by atoms with E-state index < -0.39 is 11.7 Å². The van der Waals surface area contributed by atoms with Gasteiger partial charge in [-0.05, 0) is 56.8 Å². The standard InChI is InChI=1S/C21H28N6O4.2ClH/c1-12-10-18(28)31-17-11-13(6-7-14(12)17)26-20(30)16(5-3-9-25-21(22)23)27-19(29)15-4-2-8-24-15;;/h6-7,10-11,15-16,24H,2-5,8-9H2,1H3,(H,26,30)(H,27,29)(H4,22,23,25);2*1H. The molecule has 1 aliphatic rings. The lowest BCUT2D eigenvalue weighted by molar-refractivity contribution is -0.127. The topological polar surface area (TPSA) is 165 Å². The van der Waals surface area contributed by atoms with E-state index in [2.05, 4.69) is 20.9 Å². The molecule has 182 valence electrons. The zero-order chi connectivity index (χ0) is 22.4. The molecule has 0 spiro atoms. The summed E-state index contributed by atoms with van der Waals surface area (Å²) in [6.45, 7) is 2.95. The van der Waals surface area contributed by atoms with Crippen molar-refractivity contribution in [2.75, 3.05) is 18.4 Å². The van der Waals surface area contributed by atoms with Crippen LogP contribution in [0.1, 0.15) is 31.2 Å². The number of anilines is 1. The number of carbonyl (C=O) groups excluding carboxylic acids is 2.